The largest absolute Gasteiger partial charge is 0.371 e. The van der Waals surface area contributed by atoms with Crippen molar-refractivity contribution in [1.82, 2.24) is 28.9 Å². The lowest BCUT2D eigenvalue weighted by atomic mass is 10.2. The Kier molecular flexibility index (Phi) is 4.49. The minimum atomic E-state index is -3.67. The van der Waals surface area contributed by atoms with Crippen LogP contribution in [0.2, 0.25) is 0 Å². The Morgan fingerprint density at radius 1 is 1.33 bits per heavy atom. The van der Waals surface area contributed by atoms with E-state index in [0.717, 1.165) is 23.2 Å². The summed E-state index contributed by atoms with van der Waals surface area (Å²) in [5.41, 5.74) is 2.30. The fourth-order valence-electron chi connectivity index (χ4n) is 3.34. The highest BCUT2D eigenvalue weighted by atomic mass is 32.2. The molecular weight excluding hydrogens is 368 g/mol. The molecule has 9 nitrogen and oxygen atoms in total. The normalized spacial score (nSPS) is 19.0. The van der Waals surface area contributed by atoms with Crippen molar-refractivity contribution >= 4 is 21.1 Å². The van der Waals surface area contributed by atoms with E-state index in [9.17, 15) is 8.42 Å². The molecule has 1 atom stereocenters. The number of hydrogen-bond acceptors (Lipinski definition) is 6. The molecule has 144 valence electrons. The van der Waals surface area contributed by atoms with E-state index in [2.05, 4.69) is 15.2 Å². The maximum Gasteiger partial charge on any atom is 0.244 e. The topological polar surface area (TPSA) is 95.1 Å². The Hall–Kier alpha value is -2.30. The molecule has 0 aliphatic carbocycles. The lowest BCUT2D eigenvalue weighted by Crippen LogP contribution is -2.42. The van der Waals surface area contributed by atoms with Gasteiger partial charge in [0.2, 0.25) is 10.0 Å². The lowest BCUT2D eigenvalue weighted by molar-refractivity contribution is -0.00260. The number of fused-ring (bicyclic) bond motifs is 1. The third-order valence-corrected chi connectivity index (χ3v) is 6.68. The van der Waals surface area contributed by atoms with Gasteiger partial charge >= 0.3 is 0 Å². The summed E-state index contributed by atoms with van der Waals surface area (Å²) in [4.78, 5) is 4.48. The molecule has 0 amide bonds. The molecule has 1 saturated heterocycles. The molecule has 10 heteroatoms. The first-order valence-corrected chi connectivity index (χ1v) is 10.3. The molecule has 0 aromatic carbocycles. The van der Waals surface area contributed by atoms with Gasteiger partial charge in [0.15, 0.2) is 5.65 Å². The highest BCUT2D eigenvalue weighted by Crippen LogP contribution is 2.27. The zero-order chi connectivity index (χ0) is 19.2. The van der Waals surface area contributed by atoms with Gasteiger partial charge in [0.1, 0.15) is 4.90 Å². The lowest BCUT2D eigenvalue weighted by Gasteiger charge is -2.31. The first-order chi connectivity index (χ1) is 12.9. The fraction of sp³-hybridized carbons (Fsp3) is 0.471. The Morgan fingerprint density at radius 2 is 2.15 bits per heavy atom. The fourth-order valence-corrected chi connectivity index (χ4v) is 4.74. The average molecular weight is 390 g/mol. The molecule has 3 aromatic heterocycles. The van der Waals surface area contributed by atoms with Crippen molar-refractivity contribution < 1.29 is 13.2 Å². The van der Waals surface area contributed by atoms with E-state index in [1.54, 1.807) is 28.7 Å². The zero-order valence-electron chi connectivity index (χ0n) is 15.5. The predicted octanol–water partition coefficient (Wildman–Crippen LogP) is 1.26. The SMILES string of the molecule is CCn1cc([C@@H]2CN(S(=O)(=O)c3cnc4c(c3)c(C)nn4C)CCO2)cn1. The van der Waals surface area contributed by atoms with Crippen molar-refractivity contribution in [2.75, 3.05) is 19.7 Å². The summed E-state index contributed by atoms with van der Waals surface area (Å²) in [5.74, 6) is 0. The van der Waals surface area contributed by atoms with Crippen molar-refractivity contribution in [1.29, 1.82) is 0 Å². The van der Waals surface area contributed by atoms with Gasteiger partial charge < -0.3 is 4.74 Å². The van der Waals surface area contributed by atoms with Crippen LogP contribution in [0.4, 0.5) is 0 Å². The number of nitrogens with zero attached hydrogens (tertiary/aromatic N) is 6. The molecule has 1 aliphatic rings. The first kappa shape index (κ1) is 18.1. The van der Waals surface area contributed by atoms with Crippen LogP contribution in [0.25, 0.3) is 11.0 Å². The molecule has 0 bridgehead atoms. The van der Waals surface area contributed by atoms with Crippen LogP contribution in [0.1, 0.15) is 24.3 Å². The Morgan fingerprint density at radius 3 is 2.89 bits per heavy atom. The molecule has 3 aromatic rings. The molecule has 0 N–H and O–H groups in total. The predicted molar refractivity (Wildman–Crippen MR) is 98.6 cm³/mol. The summed E-state index contributed by atoms with van der Waals surface area (Å²) >= 11 is 0. The second kappa shape index (κ2) is 6.70. The molecule has 0 saturated carbocycles. The van der Waals surface area contributed by atoms with Gasteiger partial charge in [-0.3, -0.25) is 9.36 Å². The number of aryl methyl sites for hydroxylation is 3. The van der Waals surface area contributed by atoms with E-state index in [-0.39, 0.29) is 17.5 Å². The number of pyridine rings is 1. The van der Waals surface area contributed by atoms with E-state index in [4.69, 9.17) is 4.74 Å². The van der Waals surface area contributed by atoms with E-state index in [1.165, 1.54) is 10.5 Å². The Labute approximate surface area is 157 Å². The van der Waals surface area contributed by atoms with Gasteiger partial charge in [0.25, 0.3) is 0 Å². The number of ether oxygens (including phenoxy) is 1. The summed E-state index contributed by atoms with van der Waals surface area (Å²) < 4.78 is 37.0. The monoisotopic (exact) mass is 390 g/mol. The van der Waals surface area contributed by atoms with Crippen molar-refractivity contribution in [2.24, 2.45) is 7.05 Å². The zero-order valence-corrected chi connectivity index (χ0v) is 16.3. The van der Waals surface area contributed by atoms with Crippen molar-refractivity contribution in [3.63, 3.8) is 0 Å². The molecule has 27 heavy (non-hydrogen) atoms. The molecule has 1 fully saturated rings. The maximum atomic E-state index is 13.2. The molecule has 0 spiro atoms. The summed E-state index contributed by atoms with van der Waals surface area (Å²) in [6.07, 6.45) is 4.70. The van der Waals surface area contributed by atoms with Crippen LogP contribution in [0.15, 0.2) is 29.6 Å². The van der Waals surface area contributed by atoms with Crippen molar-refractivity contribution in [3.05, 3.63) is 35.9 Å². The summed E-state index contributed by atoms with van der Waals surface area (Å²) in [6, 6.07) is 1.65. The number of morpholine rings is 1. The van der Waals surface area contributed by atoms with Gasteiger partial charge in [-0.1, -0.05) is 0 Å². The van der Waals surface area contributed by atoms with Crippen molar-refractivity contribution in [3.8, 4) is 0 Å². The quantitative estimate of drug-likeness (QED) is 0.665. The summed E-state index contributed by atoms with van der Waals surface area (Å²) in [5, 5.41) is 9.30. The van der Waals surface area contributed by atoms with E-state index >= 15 is 0 Å². The Balaban J connectivity index is 1.64. The third-order valence-electron chi connectivity index (χ3n) is 4.85. The van der Waals surface area contributed by atoms with Gasteiger partial charge in [-0.05, 0) is 19.9 Å². The molecule has 0 radical (unpaired) electrons. The molecule has 4 heterocycles. The molecule has 1 aliphatic heterocycles. The van der Waals surface area contributed by atoms with Gasteiger partial charge in [0.05, 0.1) is 24.6 Å². The van der Waals surface area contributed by atoms with Crippen LogP contribution in [-0.4, -0.2) is 57.0 Å². The van der Waals surface area contributed by atoms with Gasteiger partial charge in [-0.2, -0.15) is 14.5 Å². The van der Waals surface area contributed by atoms with Crippen LogP contribution in [-0.2, 0) is 28.4 Å². The van der Waals surface area contributed by atoms with Gasteiger partial charge in [-0.15, -0.1) is 0 Å². The van der Waals surface area contributed by atoms with E-state index < -0.39 is 10.0 Å². The van der Waals surface area contributed by atoms with Gasteiger partial charge in [0, 0.05) is 50.0 Å². The molecule has 4 rings (SSSR count). The Bertz CT molecular complexity index is 1090. The third kappa shape index (κ3) is 3.13. The second-order valence-electron chi connectivity index (χ2n) is 6.60. The first-order valence-electron chi connectivity index (χ1n) is 8.83. The smallest absolute Gasteiger partial charge is 0.244 e. The molecule has 0 unspecified atom stereocenters. The van der Waals surface area contributed by atoms with Crippen LogP contribution < -0.4 is 0 Å². The van der Waals surface area contributed by atoms with Crippen LogP contribution >= 0.6 is 0 Å². The van der Waals surface area contributed by atoms with Crippen LogP contribution in [0, 0.1) is 6.92 Å². The standard InChI is InChI=1S/C17H22N6O3S/c1-4-22-10-13(8-19-22)16-11-23(5-6-26-16)27(24,25)14-7-15-12(2)20-21(3)17(15)18-9-14/h7-10,16H,4-6,11H2,1-3H3/t16-/m0/s1. The van der Waals surface area contributed by atoms with E-state index in [1.807, 2.05) is 20.0 Å². The number of aromatic nitrogens is 5. The van der Waals surface area contributed by atoms with Crippen molar-refractivity contribution in [2.45, 2.75) is 31.4 Å². The summed E-state index contributed by atoms with van der Waals surface area (Å²) in [6.45, 7) is 5.50. The number of rotatable bonds is 4. The number of sulfonamides is 1. The van der Waals surface area contributed by atoms with Gasteiger partial charge in [-0.25, -0.2) is 13.4 Å². The average Bonchev–Trinajstić information content (AvgIpc) is 3.26. The highest BCUT2D eigenvalue weighted by Gasteiger charge is 2.32. The van der Waals surface area contributed by atoms with E-state index in [0.29, 0.717) is 18.8 Å². The summed E-state index contributed by atoms with van der Waals surface area (Å²) in [7, 11) is -1.88. The molecular formula is C17H22N6O3S. The second-order valence-corrected chi connectivity index (χ2v) is 8.54. The highest BCUT2D eigenvalue weighted by molar-refractivity contribution is 7.89. The maximum absolute atomic E-state index is 13.2. The van der Waals surface area contributed by atoms with Crippen LogP contribution in [0.3, 0.4) is 0 Å². The number of hydrogen-bond donors (Lipinski definition) is 0. The minimum Gasteiger partial charge on any atom is -0.371 e. The van der Waals surface area contributed by atoms with Crippen LogP contribution in [0.5, 0.6) is 0 Å². The minimum absolute atomic E-state index is 0.177.